The first-order chi connectivity index (χ1) is 13.7. The average molecular weight is 388 g/mol. The highest BCUT2D eigenvalue weighted by molar-refractivity contribution is 5.79. The van der Waals surface area contributed by atoms with Crippen LogP contribution in [0.25, 0.3) is 0 Å². The molecule has 0 saturated carbocycles. The summed E-state index contributed by atoms with van der Waals surface area (Å²) < 4.78 is 0. The van der Waals surface area contributed by atoms with Crippen molar-refractivity contribution in [2.75, 3.05) is 64.3 Å². The molecular formula is C21H37N7. The zero-order valence-electron chi connectivity index (χ0n) is 17.8. The molecule has 0 bridgehead atoms. The van der Waals surface area contributed by atoms with Gasteiger partial charge in [0.05, 0.1) is 6.54 Å². The molecule has 156 valence electrons. The molecule has 0 aromatic carbocycles. The third-order valence-corrected chi connectivity index (χ3v) is 5.81. The highest BCUT2D eigenvalue weighted by Crippen LogP contribution is 2.16. The minimum Gasteiger partial charge on any atom is -0.357 e. The maximum Gasteiger partial charge on any atom is 0.191 e. The van der Waals surface area contributed by atoms with E-state index in [1.807, 2.05) is 6.20 Å². The Morgan fingerprint density at radius 1 is 1.18 bits per heavy atom. The van der Waals surface area contributed by atoms with Crippen LogP contribution in [0.2, 0.25) is 0 Å². The van der Waals surface area contributed by atoms with Crippen LogP contribution >= 0.6 is 0 Å². The van der Waals surface area contributed by atoms with Crippen molar-refractivity contribution in [2.45, 2.75) is 39.3 Å². The third-order valence-electron chi connectivity index (χ3n) is 5.81. The van der Waals surface area contributed by atoms with Gasteiger partial charge in [-0.2, -0.15) is 0 Å². The number of nitrogens with one attached hydrogen (secondary N) is 2. The fourth-order valence-electron chi connectivity index (χ4n) is 4.04. The van der Waals surface area contributed by atoms with E-state index >= 15 is 0 Å². The minimum atomic E-state index is 0.624. The summed E-state index contributed by atoms with van der Waals surface area (Å²) >= 11 is 0. The molecular weight excluding hydrogens is 350 g/mol. The summed E-state index contributed by atoms with van der Waals surface area (Å²) in [5.74, 6) is 1.98. The average Bonchev–Trinajstić information content (AvgIpc) is 3.18. The quantitative estimate of drug-likeness (QED) is 0.544. The Balaban J connectivity index is 1.57. The molecule has 0 aliphatic carbocycles. The zero-order chi connectivity index (χ0) is 19.8. The molecule has 1 aromatic heterocycles. The van der Waals surface area contributed by atoms with Gasteiger partial charge in [0, 0.05) is 51.5 Å². The number of guanidine groups is 1. The lowest BCUT2D eigenvalue weighted by Gasteiger charge is -2.33. The number of aromatic nitrogens is 1. The molecule has 3 rings (SSSR count). The van der Waals surface area contributed by atoms with Crippen molar-refractivity contribution >= 4 is 11.8 Å². The first-order valence-electron chi connectivity index (χ1n) is 10.8. The molecule has 28 heavy (non-hydrogen) atoms. The van der Waals surface area contributed by atoms with Crippen LogP contribution in [0.15, 0.2) is 23.3 Å². The van der Waals surface area contributed by atoms with Crippen LogP contribution in [0.4, 0.5) is 5.82 Å². The van der Waals surface area contributed by atoms with Crippen molar-refractivity contribution in [1.29, 1.82) is 0 Å². The lowest BCUT2D eigenvalue weighted by atomic mass is 10.2. The van der Waals surface area contributed by atoms with Crippen LogP contribution in [-0.4, -0.2) is 86.2 Å². The van der Waals surface area contributed by atoms with Crippen LogP contribution in [0.5, 0.6) is 0 Å². The monoisotopic (exact) mass is 387 g/mol. The fraction of sp³-hybridized carbons (Fsp3) is 0.714. The fourth-order valence-corrected chi connectivity index (χ4v) is 4.04. The minimum absolute atomic E-state index is 0.624. The lowest BCUT2D eigenvalue weighted by Crippen LogP contribution is -2.45. The van der Waals surface area contributed by atoms with Gasteiger partial charge < -0.3 is 20.4 Å². The van der Waals surface area contributed by atoms with Gasteiger partial charge in [-0.25, -0.2) is 9.98 Å². The number of hydrogen-bond donors (Lipinski definition) is 2. The van der Waals surface area contributed by atoms with Gasteiger partial charge in [-0.05, 0) is 57.6 Å². The summed E-state index contributed by atoms with van der Waals surface area (Å²) in [6.45, 7) is 13.5. The molecule has 0 amide bonds. The number of aliphatic imine (C=N–C) groups is 1. The van der Waals surface area contributed by atoms with Crippen LogP contribution in [0, 0.1) is 0 Å². The van der Waals surface area contributed by atoms with Crippen molar-refractivity contribution in [2.24, 2.45) is 4.99 Å². The van der Waals surface area contributed by atoms with E-state index in [1.54, 1.807) is 0 Å². The molecule has 2 fully saturated rings. The number of anilines is 1. The number of likely N-dealkylation sites (tertiary alicyclic amines) is 1. The second-order valence-corrected chi connectivity index (χ2v) is 7.81. The molecule has 1 atom stereocenters. The second-order valence-electron chi connectivity index (χ2n) is 7.81. The summed E-state index contributed by atoms with van der Waals surface area (Å²) in [7, 11) is 2.18. The number of likely N-dealkylation sites (N-methyl/N-ethyl adjacent to an activating group) is 2. The SMILES string of the molecule is CCNC(=NCc1ccnc(N2CCN(C)CC2)c1)NCC1CCCN1CC. The Bertz CT molecular complexity index is 625. The van der Waals surface area contributed by atoms with E-state index in [2.05, 4.69) is 63.3 Å². The van der Waals surface area contributed by atoms with Gasteiger partial charge in [-0.1, -0.05) is 6.92 Å². The van der Waals surface area contributed by atoms with E-state index in [-0.39, 0.29) is 0 Å². The Kier molecular flexibility index (Phi) is 7.91. The molecule has 0 radical (unpaired) electrons. The van der Waals surface area contributed by atoms with Gasteiger partial charge in [0.1, 0.15) is 5.82 Å². The first-order valence-corrected chi connectivity index (χ1v) is 10.8. The van der Waals surface area contributed by atoms with Crippen LogP contribution in [-0.2, 0) is 6.54 Å². The van der Waals surface area contributed by atoms with Crippen molar-refractivity contribution in [3.8, 4) is 0 Å². The van der Waals surface area contributed by atoms with Crippen molar-refractivity contribution in [3.63, 3.8) is 0 Å². The van der Waals surface area contributed by atoms with E-state index in [4.69, 9.17) is 4.99 Å². The second kappa shape index (κ2) is 10.6. The summed E-state index contributed by atoms with van der Waals surface area (Å²) in [6, 6.07) is 4.88. The normalized spacial score (nSPS) is 21.9. The number of nitrogens with zero attached hydrogens (tertiary/aromatic N) is 5. The Morgan fingerprint density at radius 2 is 2.00 bits per heavy atom. The molecule has 2 aliphatic heterocycles. The van der Waals surface area contributed by atoms with Crippen LogP contribution < -0.4 is 15.5 Å². The van der Waals surface area contributed by atoms with Gasteiger partial charge in [0.25, 0.3) is 0 Å². The van der Waals surface area contributed by atoms with Gasteiger partial charge in [0.15, 0.2) is 5.96 Å². The third kappa shape index (κ3) is 5.82. The van der Waals surface area contributed by atoms with Crippen LogP contribution in [0.3, 0.4) is 0 Å². The summed E-state index contributed by atoms with van der Waals surface area (Å²) in [5.41, 5.74) is 1.21. The van der Waals surface area contributed by atoms with Gasteiger partial charge in [-0.15, -0.1) is 0 Å². The van der Waals surface area contributed by atoms with Gasteiger partial charge in [0.2, 0.25) is 0 Å². The molecule has 2 saturated heterocycles. The highest BCUT2D eigenvalue weighted by Gasteiger charge is 2.22. The standard InChI is InChI=1S/C21H37N7/c1-4-22-21(25-17-19-7-6-10-27(19)5-2)24-16-18-8-9-23-20(15-18)28-13-11-26(3)12-14-28/h8-9,15,19H,4-7,10-14,16-17H2,1-3H3,(H2,22,24,25). The zero-order valence-corrected chi connectivity index (χ0v) is 17.8. The molecule has 7 nitrogen and oxygen atoms in total. The van der Waals surface area contributed by atoms with E-state index in [9.17, 15) is 0 Å². The van der Waals surface area contributed by atoms with E-state index in [0.29, 0.717) is 12.6 Å². The van der Waals surface area contributed by atoms with Gasteiger partial charge >= 0.3 is 0 Å². The molecule has 2 N–H and O–H groups in total. The Hall–Kier alpha value is -1.86. The molecule has 3 heterocycles. The largest absolute Gasteiger partial charge is 0.357 e. The molecule has 0 spiro atoms. The summed E-state index contributed by atoms with van der Waals surface area (Å²) in [6.07, 6.45) is 4.50. The highest BCUT2D eigenvalue weighted by atomic mass is 15.3. The topological polar surface area (TPSA) is 59.0 Å². The summed E-state index contributed by atoms with van der Waals surface area (Å²) in [4.78, 5) is 16.7. The maximum atomic E-state index is 4.82. The Labute approximate surface area is 170 Å². The van der Waals surface area contributed by atoms with Crippen LogP contribution in [0.1, 0.15) is 32.3 Å². The van der Waals surface area contributed by atoms with Crippen molar-refractivity contribution < 1.29 is 0 Å². The maximum absolute atomic E-state index is 4.82. The predicted octanol–water partition coefficient (Wildman–Crippen LogP) is 1.37. The molecule has 2 aliphatic rings. The van der Waals surface area contributed by atoms with E-state index < -0.39 is 0 Å². The summed E-state index contributed by atoms with van der Waals surface area (Å²) in [5, 5.41) is 6.93. The Morgan fingerprint density at radius 3 is 2.75 bits per heavy atom. The smallest absolute Gasteiger partial charge is 0.191 e. The number of rotatable bonds is 7. The van der Waals surface area contributed by atoms with Crippen molar-refractivity contribution in [3.05, 3.63) is 23.9 Å². The number of hydrogen-bond acceptors (Lipinski definition) is 5. The van der Waals surface area contributed by atoms with E-state index in [1.165, 1.54) is 24.9 Å². The first kappa shape index (κ1) is 20.9. The predicted molar refractivity (Wildman–Crippen MR) is 117 cm³/mol. The number of piperazine rings is 1. The van der Waals surface area contributed by atoms with Crippen molar-refractivity contribution in [1.82, 2.24) is 25.4 Å². The van der Waals surface area contributed by atoms with Gasteiger partial charge in [-0.3, -0.25) is 4.90 Å². The van der Waals surface area contributed by atoms with E-state index in [0.717, 1.165) is 57.6 Å². The number of pyridine rings is 1. The molecule has 1 aromatic rings. The molecule has 1 unspecified atom stereocenters. The lowest BCUT2D eigenvalue weighted by molar-refractivity contribution is 0.267. The molecule has 7 heteroatoms.